The Hall–Kier alpha value is -2.00. The van der Waals surface area contributed by atoms with Gasteiger partial charge in [0.25, 0.3) is 0 Å². The minimum Gasteiger partial charge on any atom is -0.493 e. The fourth-order valence-electron chi connectivity index (χ4n) is 2.58. The molecule has 0 aromatic heterocycles. The normalized spacial score (nSPS) is 14.5. The minimum atomic E-state index is -0.0954. The highest BCUT2D eigenvalue weighted by molar-refractivity contribution is 5.52. The lowest BCUT2D eigenvalue weighted by Crippen LogP contribution is -2.15. The van der Waals surface area contributed by atoms with Crippen molar-refractivity contribution >= 4 is 5.69 Å². The van der Waals surface area contributed by atoms with Crippen molar-refractivity contribution in [2.45, 2.75) is 19.4 Å². The Balaban J connectivity index is 1.85. The third-order valence-electron chi connectivity index (χ3n) is 3.77. The van der Waals surface area contributed by atoms with Crippen molar-refractivity contribution in [3.05, 3.63) is 59.2 Å². The number of benzene rings is 2. The zero-order valence-electron chi connectivity index (χ0n) is 11.6. The molecule has 3 rings (SSSR count). The second kappa shape index (κ2) is 5.55. The molecule has 0 saturated carbocycles. The number of hydrogen-bond donors (Lipinski definition) is 2. The second-order valence-electron chi connectivity index (χ2n) is 5.16. The van der Waals surface area contributed by atoms with Crippen molar-refractivity contribution in [3.63, 3.8) is 0 Å². The van der Waals surface area contributed by atoms with Crippen LogP contribution in [0.15, 0.2) is 42.5 Å². The summed E-state index contributed by atoms with van der Waals surface area (Å²) >= 11 is 0. The molecule has 3 nitrogen and oxygen atoms in total. The van der Waals surface area contributed by atoms with Gasteiger partial charge in [0.1, 0.15) is 5.75 Å². The lowest BCUT2D eigenvalue weighted by molar-refractivity contribution is 0.276. The number of anilines is 1. The number of hydrogen-bond acceptors (Lipinski definition) is 3. The number of ether oxygens (including phenoxy) is 1. The molecule has 0 amide bonds. The Morgan fingerprint density at radius 2 is 2.10 bits per heavy atom. The third-order valence-corrected chi connectivity index (χ3v) is 3.77. The molecule has 0 bridgehead atoms. The molecule has 1 aliphatic heterocycles. The predicted molar refractivity (Wildman–Crippen MR) is 80.3 cm³/mol. The molecule has 1 unspecified atom stereocenters. The molecule has 3 heteroatoms. The number of para-hydroxylation sites is 1. The molecule has 1 heterocycles. The van der Waals surface area contributed by atoms with E-state index in [0.717, 1.165) is 30.0 Å². The molecule has 104 valence electrons. The van der Waals surface area contributed by atoms with Gasteiger partial charge < -0.3 is 15.2 Å². The summed E-state index contributed by atoms with van der Waals surface area (Å²) in [5.41, 5.74) is 4.56. The summed E-state index contributed by atoms with van der Waals surface area (Å²) in [6, 6.07) is 14.2. The van der Waals surface area contributed by atoms with Gasteiger partial charge in [0.05, 0.1) is 19.3 Å². The number of aliphatic hydroxyl groups excluding tert-OH is 1. The van der Waals surface area contributed by atoms with Crippen LogP contribution in [0.1, 0.15) is 22.7 Å². The van der Waals surface area contributed by atoms with Gasteiger partial charge in [-0.25, -0.2) is 0 Å². The average molecular weight is 269 g/mol. The average Bonchev–Trinajstić information content (AvgIpc) is 2.94. The molecule has 0 saturated heterocycles. The zero-order valence-corrected chi connectivity index (χ0v) is 11.6. The number of fused-ring (bicyclic) bond motifs is 1. The molecule has 0 radical (unpaired) electrons. The maximum atomic E-state index is 9.69. The van der Waals surface area contributed by atoms with Crippen LogP contribution in [-0.4, -0.2) is 18.3 Å². The minimum absolute atomic E-state index is 0.0635. The number of aryl methyl sites for hydroxylation is 1. The van der Waals surface area contributed by atoms with Gasteiger partial charge in [-0.15, -0.1) is 0 Å². The van der Waals surface area contributed by atoms with E-state index in [-0.39, 0.29) is 12.6 Å². The molecule has 1 aliphatic rings. The molecule has 0 aliphatic carbocycles. The van der Waals surface area contributed by atoms with Crippen molar-refractivity contribution in [1.29, 1.82) is 0 Å². The Kier molecular flexibility index (Phi) is 3.61. The molecule has 2 aromatic carbocycles. The third kappa shape index (κ3) is 2.49. The van der Waals surface area contributed by atoms with Crippen LogP contribution < -0.4 is 10.1 Å². The Bertz CT molecular complexity index is 610. The first kappa shape index (κ1) is 13.0. The Morgan fingerprint density at radius 1 is 1.25 bits per heavy atom. The largest absolute Gasteiger partial charge is 0.493 e. The lowest BCUT2D eigenvalue weighted by Gasteiger charge is -2.20. The zero-order chi connectivity index (χ0) is 13.9. The van der Waals surface area contributed by atoms with Crippen LogP contribution in [0.4, 0.5) is 5.69 Å². The summed E-state index contributed by atoms with van der Waals surface area (Å²) in [6.45, 7) is 2.88. The van der Waals surface area contributed by atoms with Crippen LogP contribution in [-0.2, 0) is 6.42 Å². The smallest absolute Gasteiger partial charge is 0.122 e. The van der Waals surface area contributed by atoms with Crippen molar-refractivity contribution in [2.75, 3.05) is 18.5 Å². The standard InChI is InChI=1S/C17H19NO2/c1-12-4-2-3-5-15(12)18-16(11-19)13-6-7-17-14(10-13)8-9-20-17/h2-7,10,16,18-19H,8-9,11H2,1H3. The Labute approximate surface area is 119 Å². The van der Waals surface area contributed by atoms with Gasteiger partial charge in [-0.05, 0) is 41.8 Å². The quantitative estimate of drug-likeness (QED) is 0.896. The van der Waals surface area contributed by atoms with Crippen molar-refractivity contribution in [2.24, 2.45) is 0 Å². The van der Waals surface area contributed by atoms with E-state index in [4.69, 9.17) is 4.74 Å². The van der Waals surface area contributed by atoms with Gasteiger partial charge in [-0.2, -0.15) is 0 Å². The number of aliphatic hydroxyl groups is 1. The van der Waals surface area contributed by atoms with Crippen LogP contribution in [0.2, 0.25) is 0 Å². The summed E-state index contributed by atoms with van der Waals surface area (Å²) in [4.78, 5) is 0. The molecule has 0 fully saturated rings. The second-order valence-corrected chi connectivity index (χ2v) is 5.16. The van der Waals surface area contributed by atoms with E-state index in [1.807, 2.05) is 30.3 Å². The highest BCUT2D eigenvalue weighted by atomic mass is 16.5. The van der Waals surface area contributed by atoms with Crippen LogP contribution >= 0.6 is 0 Å². The Morgan fingerprint density at radius 3 is 2.90 bits per heavy atom. The van der Waals surface area contributed by atoms with Gasteiger partial charge in [0, 0.05) is 12.1 Å². The predicted octanol–water partition coefficient (Wildman–Crippen LogP) is 3.08. The SMILES string of the molecule is Cc1ccccc1NC(CO)c1ccc2c(c1)CCO2. The summed E-state index contributed by atoms with van der Waals surface area (Å²) in [6.07, 6.45) is 0.950. The van der Waals surface area contributed by atoms with E-state index in [1.165, 1.54) is 11.1 Å². The number of rotatable bonds is 4. The maximum Gasteiger partial charge on any atom is 0.122 e. The van der Waals surface area contributed by atoms with E-state index in [9.17, 15) is 5.11 Å². The van der Waals surface area contributed by atoms with Crippen LogP contribution in [0.3, 0.4) is 0 Å². The van der Waals surface area contributed by atoms with E-state index in [2.05, 4.69) is 24.4 Å². The van der Waals surface area contributed by atoms with Crippen LogP contribution in [0.25, 0.3) is 0 Å². The molecule has 2 N–H and O–H groups in total. The van der Waals surface area contributed by atoms with Crippen molar-refractivity contribution in [1.82, 2.24) is 0 Å². The van der Waals surface area contributed by atoms with E-state index >= 15 is 0 Å². The van der Waals surface area contributed by atoms with Crippen LogP contribution in [0.5, 0.6) is 5.75 Å². The summed E-state index contributed by atoms with van der Waals surface area (Å²) in [5.74, 6) is 0.973. The van der Waals surface area contributed by atoms with Gasteiger partial charge in [-0.1, -0.05) is 24.3 Å². The molecule has 20 heavy (non-hydrogen) atoms. The fraction of sp³-hybridized carbons (Fsp3) is 0.294. The highest BCUT2D eigenvalue weighted by Gasteiger charge is 2.16. The first-order chi connectivity index (χ1) is 9.78. The summed E-state index contributed by atoms with van der Waals surface area (Å²) in [7, 11) is 0. The van der Waals surface area contributed by atoms with Gasteiger partial charge in [-0.3, -0.25) is 0 Å². The molecular weight excluding hydrogens is 250 g/mol. The van der Waals surface area contributed by atoms with Gasteiger partial charge in [0.15, 0.2) is 0 Å². The van der Waals surface area contributed by atoms with E-state index in [1.54, 1.807) is 0 Å². The first-order valence-corrected chi connectivity index (χ1v) is 6.96. The van der Waals surface area contributed by atoms with Crippen molar-refractivity contribution in [3.8, 4) is 5.75 Å². The maximum absolute atomic E-state index is 9.69. The number of nitrogens with one attached hydrogen (secondary N) is 1. The lowest BCUT2D eigenvalue weighted by atomic mass is 10.0. The van der Waals surface area contributed by atoms with E-state index < -0.39 is 0 Å². The molecule has 2 aromatic rings. The van der Waals surface area contributed by atoms with E-state index in [0.29, 0.717) is 0 Å². The first-order valence-electron chi connectivity index (χ1n) is 6.96. The van der Waals surface area contributed by atoms with Crippen LogP contribution in [0, 0.1) is 6.92 Å². The molecular formula is C17H19NO2. The van der Waals surface area contributed by atoms with Gasteiger partial charge in [0.2, 0.25) is 0 Å². The molecule has 1 atom stereocenters. The topological polar surface area (TPSA) is 41.5 Å². The monoisotopic (exact) mass is 269 g/mol. The highest BCUT2D eigenvalue weighted by Crippen LogP contribution is 2.29. The fourth-order valence-corrected chi connectivity index (χ4v) is 2.58. The summed E-state index contributed by atoms with van der Waals surface area (Å²) in [5, 5.41) is 13.1. The summed E-state index contributed by atoms with van der Waals surface area (Å²) < 4.78 is 5.52. The molecule has 0 spiro atoms. The van der Waals surface area contributed by atoms with Gasteiger partial charge >= 0.3 is 0 Å². The van der Waals surface area contributed by atoms with Crippen molar-refractivity contribution < 1.29 is 9.84 Å².